The van der Waals surface area contributed by atoms with Gasteiger partial charge < -0.3 is 79.5 Å². The third-order valence-electron chi connectivity index (χ3n) is 7.38. The number of ether oxygens (including phenoxy) is 4. The zero-order valence-electron chi connectivity index (χ0n) is 22.4. The topological polar surface area (TPSA) is 290 Å². The second kappa shape index (κ2) is 12.3. The van der Waals surface area contributed by atoms with E-state index < -0.39 is 114 Å². The van der Waals surface area contributed by atoms with Gasteiger partial charge in [-0.25, -0.2) is 0 Å². The quantitative estimate of drug-likeness (QED) is 0.119. The second-order valence-corrected chi connectivity index (χ2v) is 10.3. The van der Waals surface area contributed by atoms with Crippen LogP contribution in [-0.2, 0) is 14.2 Å². The van der Waals surface area contributed by atoms with Gasteiger partial charge >= 0.3 is 0 Å². The zero-order valence-corrected chi connectivity index (χ0v) is 22.4. The summed E-state index contributed by atoms with van der Waals surface area (Å²) in [5, 5.41) is 111. The van der Waals surface area contributed by atoms with E-state index in [0.29, 0.717) is 0 Å². The monoisotopic (exact) mass is 626 g/mol. The van der Waals surface area contributed by atoms with Crippen molar-refractivity contribution in [2.75, 3.05) is 13.2 Å². The van der Waals surface area contributed by atoms with Crippen LogP contribution in [0, 0.1) is 0 Å². The molecule has 2 fully saturated rings. The molecule has 1 aromatic heterocycles. The van der Waals surface area contributed by atoms with E-state index in [4.69, 9.17) is 23.4 Å². The van der Waals surface area contributed by atoms with Crippen molar-refractivity contribution in [2.45, 2.75) is 61.4 Å². The van der Waals surface area contributed by atoms with E-state index in [1.807, 2.05) is 0 Å². The van der Waals surface area contributed by atoms with Crippen LogP contribution in [0.1, 0.15) is 0 Å². The summed E-state index contributed by atoms with van der Waals surface area (Å²) in [6, 6.07) is 5.33. The molecule has 0 amide bonds. The van der Waals surface area contributed by atoms with E-state index in [1.165, 1.54) is 6.07 Å². The van der Waals surface area contributed by atoms with Gasteiger partial charge in [0.1, 0.15) is 65.2 Å². The molecule has 5 rings (SSSR count). The van der Waals surface area contributed by atoms with Gasteiger partial charge in [-0.15, -0.1) is 0 Å². The van der Waals surface area contributed by atoms with Gasteiger partial charge in [-0.05, 0) is 18.2 Å². The fourth-order valence-corrected chi connectivity index (χ4v) is 4.96. The van der Waals surface area contributed by atoms with Gasteiger partial charge in [-0.3, -0.25) is 4.79 Å². The number of phenolic OH excluding ortho intramolecular Hbond substituents is 3. The number of hydrogen-bond acceptors (Lipinski definition) is 17. The van der Waals surface area contributed by atoms with Crippen molar-refractivity contribution in [1.82, 2.24) is 0 Å². The average Bonchev–Trinajstić information content (AvgIpc) is 2.99. The largest absolute Gasteiger partial charge is 0.507 e. The minimum absolute atomic E-state index is 0.0193. The van der Waals surface area contributed by atoms with Crippen molar-refractivity contribution in [3.63, 3.8) is 0 Å². The maximum absolute atomic E-state index is 12.9. The van der Waals surface area contributed by atoms with E-state index in [9.17, 15) is 61.0 Å². The molecule has 2 aliphatic heterocycles. The molecule has 2 saturated heterocycles. The molecule has 17 nitrogen and oxygen atoms in total. The molecule has 240 valence electrons. The van der Waals surface area contributed by atoms with Gasteiger partial charge in [-0.2, -0.15) is 0 Å². The Bertz CT molecular complexity index is 1560. The number of phenols is 3. The molecule has 0 bridgehead atoms. The highest BCUT2D eigenvalue weighted by molar-refractivity contribution is 5.88. The Hall–Kier alpha value is -3.75. The van der Waals surface area contributed by atoms with E-state index in [2.05, 4.69) is 0 Å². The molecule has 0 aliphatic carbocycles. The fourth-order valence-electron chi connectivity index (χ4n) is 4.96. The van der Waals surface area contributed by atoms with Crippen molar-refractivity contribution in [3.05, 3.63) is 40.6 Å². The van der Waals surface area contributed by atoms with Crippen LogP contribution < -0.4 is 10.2 Å². The lowest BCUT2D eigenvalue weighted by molar-refractivity contribution is -0.357. The van der Waals surface area contributed by atoms with Crippen molar-refractivity contribution in [1.29, 1.82) is 0 Å². The SMILES string of the molecule is O=c1c(O)c(-c2ccc(O)c(O)c2)oc2cc(OC3OC(CO)C(O)C(O)C3OC3OC(CO)C(O)C(O)C3O)cc(O)c12. The lowest BCUT2D eigenvalue weighted by Crippen LogP contribution is -2.65. The predicted molar refractivity (Wildman–Crippen MR) is 142 cm³/mol. The molecule has 2 aromatic carbocycles. The van der Waals surface area contributed by atoms with E-state index in [-0.39, 0.29) is 16.9 Å². The molecule has 0 spiro atoms. The molecule has 10 unspecified atom stereocenters. The minimum atomic E-state index is -1.90. The van der Waals surface area contributed by atoms with Gasteiger partial charge in [0.05, 0.1) is 13.2 Å². The fraction of sp³-hybridized carbons (Fsp3) is 0.444. The summed E-state index contributed by atoms with van der Waals surface area (Å²) in [5.41, 5.74) is -1.42. The maximum atomic E-state index is 12.9. The first-order chi connectivity index (χ1) is 20.9. The normalized spacial score (nSPS) is 32.5. The number of benzene rings is 2. The molecule has 44 heavy (non-hydrogen) atoms. The number of aliphatic hydroxyl groups is 7. The summed E-state index contributed by atoms with van der Waals surface area (Å²) in [6.07, 6.45) is -17.2. The third-order valence-corrected chi connectivity index (χ3v) is 7.38. The molecular weight excluding hydrogens is 596 g/mol. The van der Waals surface area contributed by atoms with Crippen LogP contribution in [0.15, 0.2) is 39.5 Å². The van der Waals surface area contributed by atoms with Crippen LogP contribution in [0.5, 0.6) is 28.7 Å². The number of fused-ring (bicyclic) bond motifs is 1. The van der Waals surface area contributed by atoms with Crippen LogP contribution in [0.25, 0.3) is 22.3 Å². The second-order valence-electron chi connectivity index (χ2n) is 10.3. The van der Waals surface area contributed by atoms with E-state index in [1.54, 1.807) is 0 Å². The van der Waals surface area contributed by atoms with E-state index in [0.717, 1.165) is 24.3 Å². The standard InChI is InChI=1S/C27H30O17/c28-6-14-17(33)20(36)23(39)26(42-14)44-25-21(37)18(34)15(7-29)43-27(25)40-9-4-12(32)16-13(5-9)41-24(22(38)19(16)35)8-1-2-10(30)11(31)3-8/h1-5,14-15,17-18,20-21,23,25-34,36-39H,6-7H2. The van der Waals surface area contributed by atoms with Gasteiger partial charge in [0.2, 0.25) is 17.5 Å². The number of rotatable bonds is 7. The third kappa shape index (κ3) is 5.61. The Morgan fingerprint density at radius 2 is 1.34 bits per heavy atom. The molecular formula is C27H30O17. The lowest BCUT2D eigenvalue weighted by atomic mass is 9.97. The first kappa shape index (κ1) is 31.7. The average molecular weight is 627 g/mol. The number of aromatic hydroxyl groups is 4. The van der Waals surface area contributed by atoms with Gasteiger partial charge in [0.25, 0.3) is 0 Å². The Morgan fingerprint density at radius 1 is 0.705 bits per heavy atom. The van der Waals surface area contributed by atoms with Crippen LogP contribution in [0.3, 0.4) is 0 Å². The Morgan fingerprint density at radius 3 is 1.98 bits per heavy atom. The van der Waals surface area contributed by atoms with Gasteiger partial charge in [0, 0.05) is 17.7 Å². The van der Waals surface area contributed by atoms with Crippen LogP contribution >= 0.6 is 0 Å². The Labute approximate surface area is 246 Å². The lowest BCUT2D eigenvalue weighted by Gasteiger charge is -2.45. The summed E-state index contributed by atoms with van der Waals surface area (Å²) in [7, 11) is 0. The molecule has 0 radical (unpaired) electrons. The summed E-state index contributed by atoms with van der Waals surface area (Å²) >= 11 is 0. The van der Waals surface area contributed by atoms with Gasteiger partial charge in [-0.1, -0.05) is 0 Å². The zero-order chi connectivity index (χ0) is 32.0. The van der Waals surface area contributed by atoms with Crippen LogP contribution in [0.2, 0.25) is 0 Å². The summed E-state index contributed by atoms with van der Waals surface area (Å²) in [6.45, 7) is -1.59. The highest BCUT2D eigenvalue weighted by Gasteiger charge is 2.51. The Kier molecular flexibility index (Phi) is 8.87. The minimum Gasteiger partial charge on any atom is -0.507 e. The summed E-state index contributed by atoms with van der Waals surface area (Å²) in [4.78, 5) is 12.9. The smallest absolute Gasteiger partial charge is 0.238 e. The highest BCUT2D eigenvalue weighted by atomic mass is 16.8. The number of hydrogen-bond donors (Lipinski definition) is 11. The summed E-state index contributed by atoms with van der Waals surface area (Å²) in [5.74, 6) is -3.45. The van der Waals surface area contributed by atoms with Crippen molar-refractivity contribution in [3.8, 4) is 40.1 Å². The van der Waals surface area contributed by atoms with Crippen LogP contribution in [-0.4, -0.2) is 131 Å². The van der Waals surface area contributed by atoms with Crippen molar-refractivity contribution in [2.24, 2.45) is 0 Å². The van der Waals surface area contributed by atoms with Crippen LogP contribution in [0.4, 0.5) is 0 Å². The first-order valence-electron chi connectivity index (χ1n) is 13.2. The summed E-state index contributed by atoms with van der Waals surface area (Å²) < 4.78 is 27.9. The molecule has 2 aliphatic rings. The molecule has 3 heterocycles. The van der Waals surface area contributed by atoms with Crippen molar-refractivity contribution < 1.29 is 79.5 Å². The molecule has 3 aromatic rings. The first-order valence-corrected chi connectivity index (χ1v) is 13.2. The predicted octanol–water partition coefficient (Wildman–Crippen LogP) is -2.71. The maximum Gasteiger partial charge on any atom is 0.238 e. The molecule has 10 atom stereocenters. The molecule has 0 saturated carbocycles. The highest BCUT2D eigenvalue weighted by Crippen LogP contribution is 2.39. The van der Waals surface area contributed by atoms with Crippen molar-refractivity contribution >= 4 is 11.0 Å². The number of aliphatic hydroxyl groups excluding tert-OH is 7. The Balaban J connectivity index is 1.51. The van der Waals surface area contributed by atoms with Gasteiger partial charge in [0.15, 0.2) is 29.7 Å². The molecule has 11 N–H and O–H groups in total. The van der Waals surface area contributed by atoms with E-state index >= 15 is 0 Å². The molecule has 17 heteroatoms.